The molecule has 2 aromatic rings. The molecule has 4 rings (SSSR count). The van der Waals surface area contributed by atoms with Crippen LogP contribution in [-0.4, -0.2) is 55.4 Å². The molecule has 5 nitrogen and oxygen atoms in total. The summed E-state index contributed by atoms with van der Waals surface area (Å²) in [6, 6.07) is 9.17. The molecule has 1 saturated carbocycles. The first kappa shape index (κ1) is 22.4. The number of piperazine rings is 1. The van der Waals surface area contributed by atoms with Gasteiger partial charge in [0.15, 0.2) is 0 Å². The molecule has 2 fully saturated rings. The number of hydrogen-bond donors (Lipinski definition) is 1. The molecule has 0 atom stereocenters. The van der Waals surface area contributed by atoms with E-state index in [4.69, 9.17) is 4.74 Å². The molecule has 0 radical (unpaired) electrons. The van der Waals surface area contributed by atoms with Gasteiger partial charge < -0.3 is 15.0 Å². The lowest BCUT2D eigenvalue weighted by atomic mass is 9.84. The van der Waals surface area contributed by atoms with Gasteiger partial charge in [0, 0.05) is 32.2 Å². The monoisotopic (exact) mass is 443 g/mol. The van der Waals surface area contributed by atoms with Crippen molar-refractivity contribution < 1.29 is 9.53 Å². The summed E-state index contributed by atoms with van der Waals surface area (Å²) in [7, 11) is 0. The average Bonchev–Trinajstić information content (AvgIpc) is 3.21. The van der Waals surface area contributed by atoms with Gasteiger partial charge in [0.2, 0.25) is 0 Å². The van der Waals surface area contributed by atoms with E-state index < -0.39 is 5.60 Å². The lowest BCUT2D eigenvalue weighted by molar-refractivity contribution is 0.0486. The number of nitrogens with one attached hydrogen (secondary N) is 1. The van der Waals surface area contributed by atoms with Crippen LogP contribution in [0.25, 0.3) is 10.1 Å². The molecule has 2 aliphatic rings. The Hall–Kier alpha value is -1.79. The molecular formula is C25H37N3O2S. The third-order valence-electron chi connectivity index (χ3n) is 6.59. The van der Waals surface area contributed by atoms with Crippen LogP contribution in [0.3, 0.4) is 0 Å². The Morgan fingerprint density at radius 1 is 1.10 bits per heavy atom. The standard InChI is InChI=1S/C25H37N3O2S/c1-25(2,3)30-24(29)26-21-9-7-19(8-10-21)11-13-27-14-16-28(17-15-27)22-6-4-5-20-12-18-31-23(20)22/h4-6,12,18-19,21H,7-11,13-17H2,1-3H3,(H,26,29). The summed E-state index contributed by atoms with van der Waals surface area (Å²) in [5.41, 5.74) is 0.977. The number of alkyl carbamates (subject to hydrolysis) is 1. The molecule has 1 aromatic carbocycles. The second-order valence-electron chi connectivity index (χ2n) is 10.1. The first-order chi connectivity index (χ1) is 14.9. The second-order valence-corrected chi connectivity index (χ2v) is 11.0. The Morgan fingerprint density at radius 2 is 1.84 bits per heavy atom. The third-order valence-corrected chi connectivity index (χ3v) is 7.55. The van der Waals surface area contributed by atoms with Crippen molar-refractivity contribution in [2.75, 3.05) is 37.6 Å². The van der Waals surface area contributed by atoms with Crippen molar-refractivity contribution in [3.05, 3.63) is 29.6 Å². The molecule has 1 amide bonds. The van der Waals surface area contributed by atoms with E-state index in [1.165, 1.54) is 41.6 Å². The summed E-state index contributed by atoms with van der Waals surface area (Å²) in [6.07, 6.45) is 5.57. The largest absolute Gasteiger partial charge is 0.444 e. The van der Waals surface area contributed by atoms with E-state index in [0.717, 1.165) is 44.9 Å². The molecular weight excluding hydrogens is 406 g/mol. The molecule has 6 heteroatoms. The number of fused-ring (bicyclic) bond motifs is 1. The van der Waals surface area contributed by atoms with E-state index in [0.29, 0.717) is 0 Å². The van der Waals surface area contributed by atoms with Crippen LogP contribution in [0.5, 0.6) is 0 Å². The summed E-state index contributed by atoms with van der Waals surface area (Å²) in [5.74, 6) is 0.787. The highest BCUT2D eigenvalue weighted by molar-refractivity contribution is 7.17. The number of anilines is 1. The smallest absolute Gasteiger partial charge is 0.407 e. The Balaban J connectivity index is 1.16. The second kappa shape index (κ2) is 9.78. The van der Waals surface area contributed by atoms with Crippen molar-refractivity contribution in [3.63, 3.8) is 0 Å². The highest BCUT2D eigenvalue weighted by Crippen LogP contribution is 2.32. The summed E-state index contributed by atoms with van der Waals surface area (Å²) in [4.78, 5) is 17.2. The van der Waals surface area contributed by atoms with Crippen LogP contribution in [0.15, 0.2) is 29.6 Å². The van der Waals surface area contributed by atoms with Crippen molar-refractivity contribution in [1.29, 1.82) is 0 Å². The quantitative estimate of drug-likeness (QED) is 0.663. The maximum absolute atomic E-state index is 12.0. The van der Waals surface area contributed by atoms with Crippen LogP contribution in [0.2, 0.25) is 0 Å². The molecule has 1 saturated heterocycles. The first-order valence-corrected chi connectivity index (χ1v) is 12.7. The zero-order valence-electron chi connectivity index (χ0n) is 19.2. The fourth-order valence-corrected chi connectivity index (χ4v) is 5.81. The van der Waals surface area contributed by atoms with Crippen LogP contribution in [0.4, 0.5) is 10.5 Å². The molecule has 0 bridgehead atoms. The van der Waals surface area contributed by atoms with Gasteiger partial charge in [-0.15, -0.1) is 11.3 Å². The number of thiophene rings is 1. The summed E-state index contributed by atoms with van der Waals surface area (Å²) in [6.45, 7) is 11.5. The first-order valence-electron chi connectivity index (χ1n) is 11.8. The lowest BCUT2D eigenvalue weighted by Gasteiger charge is -2.37. The fraction of sp³-hybridized carbons (Fsp3) is 0.640. The SMILES string of the molecule is CC(C)(C)OC(=O)NC1CCC(CCN2CCN(c3cccc4ccsc34)CC2)CC1. The minimum atomic E-state index is -0.429. The average molecular weight is 444 g/mol. The predicted octanol–water partition coefficient (Wildman–Crippen LogP) is 5.50. The van der Waals surface area contributed by atoms with Gasteiger partial charge in [-0.25, -0.2) is 4.79 Å². The summed E-state index contributed by atoms with van der Waals surface area (Å²) < 4.78 is 6.82. The van der Waals surface area contributed by atoms with Gasteiger partial charge in [0.05, 0.1) is 10.4 Å². The van der Waals surface area contributed by atoms with E-state index in [1.807, 2.05) is 32.1 Å². The Bertz CT molecular complexity index is 859. The molecule has 1 aliphatic heterocycles. The van der Waals surface area contributed by atoms with E-state index >= 15 is 0 Å². The van der Waals surface area contributed by atoms with Crippen LogP contribution >= 0.6 is 11.3 Å². The Kier molecular flexibility index (Phi) is 7.07. The number of nitrogens with zero attached hydrogens (tertiary/aromatic N) is 2. The minimum absolute atomic E-state index is 0.271. The Labute approximate surface area is 190 Å². The van der Waals surface area contributed by atoms with E-state index in [1.54, 1.807) is 0 Å². The summed E-state index contributed by atoms with van der Waals surface area (Å²) >= 11 is 1.85. The van der Waals surface area contributed by atoms with E-state index in [2.05, 4.69) is 44.8 Å². The molecule has 170 valence electrons. The normalized spacial score (nSPS) is 23.1. The van der Waals surface area contributed by atoms with E-state index in [-0.39, 0.29) is 12.1 Å². The topological polar surface area (TPSA) is 44.8 Å². The van der Waals surface area contributed by atoms with Crippen molar-refractivity contribution in [3.8, 4) is 0 Å². The van der Waals surface area contributed by atoms with Crippen molar-refractivity contribution in [1.82, 2.24) is 10.2 Å². The third kappa shape index (κ3) is 6.13. The van der Waals surface area contributed by atoms with Crippen molar-refractivity contribution in [2.45, 2.75) is 64.5 Å². The highest BCUT2D eigenvalue weighted by Gasteiger charge is 2.26. The van der Waals surface area contributed by atoms with Gasteiger partial charge in [-0.2, -0.15) is 0 Å². The zero-order valence-corrected chi connectivity index (χ0v) is 20.0. The van der Waals surface area contributed by atoms with Gasteiger partial charge in [-0.3, -0.25) is 4.90 Å². The predicted molar refractivity (Wildman–Crippen MR) is 130 cm³/mol. The molecule has 31 heavy (non-hydrogen) atoms. The van der Waals surface area contributed by atoms with Crippen LogP contribution in [0, 0.1) is 5.92 Å². The van der Waals surface area contributed by atoms with E-state index in [9.17, 15) is 4.79 Å². The number of carbonyl (C=O) groups excluding carboxylic acids is 1. The van der Waals surface area contributed by atoms with Crippen molar-refractivity contribution >= 4 is 33.2 Å². The summed E-state index contributed by atoms with van der Waals surface area (Å²) in [5, 5.41) is 6.62. The van der Waals surface area contributed by atoms with Gasteiger partial charge in [0.25, 0.3) is 0 Å². The molecule has 0 unspecified atom stereocenters. The number of hydrogen-bond acceptors (Lipinski definition) is 5. The molecule has 1 N–H and O–H groups in total. The maximum Gasteiger partial charge on any atom is 0.407 e. The van der Waals surface area contributed by atoms with Gasteiger partial charge in [0.1, 0.15) is 5.60 Å². The highest BCUT2D eigenvalue weighted by atomic mass is 32.1. The van der Waals surface area contributed by atoms with Crippen LogP contribution in [-0.2, 0) is 4.74 Å². The fourth-order valence-electron chi connectivity index (χ4n) is 4.87. The van der Waals surface area contributed by atoms with Crippen LogP contribution < -0.4 is 10.2 Å². The minimum Gasteiger partial charge on any atom is -0.444 e. The number of benzene rings is 1. The Morgan fingerprint density at radius 3 is 2.55 bits per heavy atom. The molecule has 2 heterocycles. The van der Waals surface area contributed by atoms with Gasteiger partial charge in [-0.05, 0) is 88.2 Å². The number of amides is 1. The number of ether oxygens (including phenoxy) is 1. The number of rotatable bonds is 5. The molecule has 0 spiro atoms. The lowest BCUT2D eigenvalue weighted by Crippen LogP contribution is -2.47. The molecule has 1 aromatic heterocycles. The zero-order chi connectivity index (χ0) is 21.8. The number of carbonyl (C=O) groups is 1. The molecule has 1 aliphatic carbocycles. The van der Waals surface area contributed by atoms with Gasteiger partial charge >= 0.3 is 6.09 Å². The van der Waals surface area contributed by atoms with Gasteiger partial charge in [-0.1, -0.05) is 12.1 Å². The maximum atomic E-state index is 12.0. The van der Waals surface area contributed by atoms with Crippen LogP contribution in [0.1, 0.15) is 52.9 Å². The van der Waals surface area contributed by atoms with Crippen molar-refractivity contribution in [2.24, 2.45) is 5.92 Å².